The first kappa shape index (κ1) is 24.0. The molecule has 2 aromatic carbocycles. The summed E-state index contributed by atoms with van der Waals surface area (Å²) in [5, 5.41) is 27.9. The first-order valence-corrected chi connectivity index (χ1v) is 11.2. The van der Waals surface area contributed by atoms with Crippen LogP contribution in [0.15, 0.2) is 35.4 Å². The largest absolute Gasteiger partial charge is 0.507 e. The molecular formula is C22H23Cl2N7O3. The first-order chi connectivity index (χ1) is 16.4. The lowest BCUT2D eigenvalue weighted by Gasteiger charge is -2.27. The number of aromatic hydroxyl groups is 1. The maximum absolute atomic E-state index is 10.3. The van der Waals surface area contributed by atoms with Crippen molar-refractivity contribution < 1.29 is 14.9 Å². The third-order valence-corrected chi connectivity index (χ3v) is 5.69. The highest BCUT2D eigenvalue weighted by atomic mass is 35.5. The number of ether oxygens (including phenoxy) is 1. The average Bonchev–Trinajstić information content (AvgIpc) is 2.84. The van der Waals surface area contributed by atoms with E-state index in [1.54, 1.807) is 6.07 Å². The molecule has 4 rings (SSSR count). The van der Waals surface area contributed by atoms with Gasteiger partial charge in [0.05, 0.1) is 26.0 Å². The lowest BCUT2D eigenvalue weighted by Crippen LogP contribution is -2.37. The van der Waals surface area contributed by atoms with Gasteiger partial charge in [-0.15, -0.1) is 0 Å². The number of nitrogens with one attached hydrogen (secondary N) is 2. The molecule has 0 atom stereocenters. The highest BCUT2D eigenvalue weighted by molar-refractivity contribution is 6.31. The molecule has 34 heavy (non-hydrogen) atoms. The number of rotatable bonds is 7. The van der Waals surface area contributed by atoms with Crippen molar-refractivity contribution in [1.82, 2.24) is 15.0 Å². The van der Waals surface area contributed by atoms with Gasteiger partial charge < -0.3 is 25.2 Å². The predicted octanol–water partition coefficient (Wildman–Crippen LogP) is 3.71. The van der Waals surface area contributed by atoms with Gasteiger partial charge >= 0.3 is 0 Å². The van der Waals surface area contributed by atoms with E-state index in [2.05, 4.69) is 30.8 Å². The summed E-state index contributed by atoms with van der Waals surface area (Å²) in [4.78, 5) is 15.4. The van der Waals surface area contributed by atoms with Crippen LogP contribution in [0.2, 0.25) is 10.0 Å². The molecule has 0 saturated carbocycles. The summed E-state index contributed by atoms with van der Waals surface area (Å²) in [5.74, 6) is 0.852. The van der Waals surface area contributed by atoms with Crippen LogP contribution in [0, 0.1) is 6.92 Å². The molecule has 178 valence electrons. The summed E-state index contributed by atoms with van der Waals surface area (Å²) in [6, 6.07) is 8.59. The minimum atomic E-state index is -0.352. The van der Waals surface area contributed by atoms with E-state index in [4.69, 9.17) is 27.9 Å². The van der Waals surface area contributed by atoms with Crippen LogP contribution >= 0.6 is 23.2 Å². The number of aryl methyl sites for hydroxylation is 1. The fourth-order valence-electron chi connectivity index (χ4n) is 3.23. The number of benzene rings is 2. The number of phenols is 1. The van der Waals surface area contributed by atoms with Gasteiger partial charge in [-0.05, 0) is 36.8 Å². The van der Waals surface area contributed by atoms with Gasteiger partial charge in [0.1, 0.15) is 5.75 Å². The second-order valence-electron chi connectivity index (χ2n) is 7.50. The maximum Gasteiger partial charge on any atom is 0.250 e. The Labute approximate surface area is 206 Å². The minimum Gasteiger partial charge on any atom is -0.507 e. The van der Waals surface area contributed by atoms with Crippen molar-refractivity contribution >= 4 is 52.9 Å². The quantitative estimate of drug-likeness (QED) is 0.281. The maximum atomic E-state index is 10.3. The Hall–Kier alpha value is -3.18. The zero-order valence-corrected chi connectivity index (χ0v) is 19.8. The van der Waals surface area contributed by atoms with Gasteiger partial charge in [0.25, 0.3) is 0 Å². The van der Waals surface area contributed by atoms with Gasteiger partial charge in [-0.3, -0.25) is 0 Å². The molecule has 10 nitrogen and oxygen atoms in total. The second-order valence-corrected chi connectivity index (χ2v) is 8.35. The molecule has 0 radical (unpaired) electrons. The zero-order valence-electron chi connectivity index (χ0n) is 18.3. The van der Waals surface area contributed by atoms with Gasteiger partial charge in [0, 0.05) is 39.9 Å². The molecule has 4 N–H and O–H groups in total. The highest BCUT2D eigenvalue weighted by Gasteiger charge is 2.17. The molecule has 1 fully saturated rings. The zero-order chi connectivity index (χ0) is 24.1. The number of hydrogen-bond donors (Lipinski definition) is 4. The van der Waals surface area contributed by atoms with Crippen molar-refractivity contribution in [2.24, 2.45) is 5.10 Å². The minimum absolute atomic E-state index is 0.110. The molecule has 1 aromatic heterocycles. The lowest BCUT2D eigenvalue weighted by molar-refractivity contribution is 0.122. The van der Waals surface area contributed by atoms with Gasteiger partial charge in [-0.1, -0.05) is 29.3 Å². The molecular weight excluding hydrogens is 481 g/mol. The van der Waals surface area contributed by atoms with Crippen molar-refractivity contribution in [1.29, 1.82) is 0 Å². The van der Waals surface area contributed by atoms with E-state index in [9.17, 15) is 10.2 Å². The van der Waals surface area contributed by atoms with Crippen LogP contribution in [0.1, 0.15) is 16.7 Å². The van der Waals surface area contributed by atoms with Crippen molar-refractivity contribution in [3.8, 4) is 5.75 Å². The standard InChI is InChI=1S/C22H23Cl2N7O3/c1-13-2-3-17(10-18(13)24)26-20-27-21(29-22(28-20)31-4-6-34-7-5-31)30-25-11-14-8-16(23)9-15(12-32)19(14)33/h2-3,8-11,32-33H,4-7,12H2,1H3,(H2,26,27,28,29,30)/b25-11+. The fourth-order valence-corrected chi connectivity index (χ4v) is 3.66. The average molecular weight is 504 g/mol. The molecule has 12 heteroatoms. The van der Waals surface area contributed by atoms with Crippen molar-refractivity contribution in [3.05, 3.63) is 57.1 Å². The van der Waals surface area contributed by atoms with Crippen molar-refractivity contribution in [3.63, 3.8) is 0 Å². The number of hydrazone groups is 1. The number of aliphatic hydroxyl groups excluding tert-OH is 1. The topological polar surface area (TPSA) is 128 Å². The molecule has 0 unspecified atom stereocenters. The van der Waals surface area contributed by atoms with Crippen LogP contribution in [0.5, 0.6) is 5.75 Å². The van der Waals surface area contributed by atoms with Gasteiger partial charge in [-0.25, -0.2) is 5.43 Å². The van der Waals surface area contributed by atoms with Crippen molar-refractivity contribution in [2.45, 2.75) is 13.5 Å². The Balaban J connectivity index is 1.60. The Bertz CT molecular complexity index is 1200. The molecule has 0 spiro atoms. The number of anilines is 4. The third kappa shape index (κ3) is 5.84. The van der Waals surface area contributed by atoms with E-state index in [1.807, 2.05) is 24.0 Å². The predicted molar refractivity (Wildman–Crippen MR) is 133 cm³/mol. The SMILES string of the molecule is Cc1ccc(Nc2nc(N/N=C/c3cc(Cl)cc(CO)c3O)nc(N3CCOCC3)n2)cc1Cl. The van der Waals surface area contributed by atoms with E-state index in [0.717, 1.165) is 11.3 Å². The van der Waals surface area contributed by atoms with Crippen LogP contribution in [0.25, 0.3) is 0 Å². The van der Waals surface area contributed by atoms with E-state index < -0.39 is 0 Å². The number of aliphatic hydroxyl groups is 1. The second kappa shape index (κ2) is 10.8. The van der Waals surface area contributed by atoms with Crippen LogP contribution in [0.4, 0.5) is 23.5 Å². The number of halogens is 2. The Morgan fingerprint density at radius 1 is 1.12 bits per heavy atom. The highest BCUT2D eigenvalue weighted by Crippen LogP contribution is 2.26. The van der Waals surface area contributed by atoms with Crippen LogP contribution in [-0.4, -0.2) is 57.7 Å². The van der Waals surface area contributed by atoms with Gasteiger partial charge in [0.15, 0.2) is 0 Å². The molecule has 1 saturated heterocycles. The third-order valence-electron chi connectivity index (χ3n) is 5.07. The van der Waals surface area contributed by atoms with Gasteiger partial charge in [0.2, 0.25) is 17.8 Å². The Morgan fingerprint density at radius 3 is 2.62 bits per heavy atom. The van der Waals surface area contributed by atoms with E-state index >= 15 is 0 Å². The molecule has 1 aliphatic rings. The molecule has 1 aliphatic heterocycles. The summed E-state index contributed by atoms with van der Waals surface area (Å²) < 4.78 is 5.42. The Kier molecular flexibility index (Phi) is 7.63. The van der Waals surface area contributed by atoms with E-state index in [1.165, 1.54) is 18.3 Å². The molecule has 0 bridgehead atoms. The summed E-state index contributed by atoms with van der Waals surface area (Å²) in [6.07, 6.45) is 1.37. The normalized spacial score (nSPS) is 13.9. The number of aromatic nitrogens is 3. The number of morpholine rings is 1. The molecule has 0 aliphatic carbocycles. The van der Waals surface area contributed by atoms with Crippen LogP contribution in [0.3, 0.4) is 0 Å². The lowest BCUT2D eigenvalue weighted by atomic mass is 10.1. The first-order valence-electron chi connectivity index (χ1n) is 10.5. The summed E-state index contributed by atoms with van der Waals surface area (Å²) in [5.41, 5.74) is 5.09. The summed E-state index contributed by atoms with van der Waals surface area (Å²) >= 11 is 12.3. The fraction of sp³-hybridized carbons (Fsp3) is 0.273. The summed E-state index contributed by atoms with van der Waals surface area (Å²) in [7, 11) is 0. The van der Waals surface area contributed by atoms with Crippen molar-refractivity contribution in [2.75, 3.05) is 41.9 Å². The number of nitrogens with zero attached hydrogens (tertiary/aromatic N) is 5. The van der Waals surface area contributed by atoms with E-state index in [0.29, 0.717) is 59.4 Å². The molecule has 3 aromatic rings. The number of hydrogen-bond acceptors (Lipinski definition) is 10. The van der Waals surface area contributed by atoms with E-state index in [-0.39, 0.29) is 18.3 Å². The smallest absolute Gasteiger partial charge is 0.250 e. The van der Waals surface area contributed by atoms with Crippen LogP contribution in [-0.2, 0) is 11.3 Å². The van der Waals surface area contributed by atoms with Crippen LogP contribution < -0.4 is 15.6 Å². The Morgan fingerprint density at radius 2 is 1.88 bits per heavy atom. The van der Waals surface area contributed by atoms with Gasteiger partial charge in [-0.2, -0.15) is 20.1 Å². The molecule has 0 amide bonds. The monoisotopic (exact) mass is 503 g/mol. The summed E-state index contributed by atoms with van der Waals surface area (Å²) in [6.45, 7) is 4.00. The molecule has 2 heterocycles.